The van der Waals surface area contributed by atoms with Gasteiger partial charge in [0.2, 0.25) is 0 Å². The number of hydrogen-bond acceptors (Lipinski definition) is 7. The fourth-order valence-corrected chi connectivity index (χ4v) is 2.63. The van der Waals surface area contributed by atoms with Gasteiger partial charge < -0.3 is 24.4 Å². The second-order valence-electron chi connectivity index (χ2n) is 5.56. The third kappa shape index (κ3) is 6.11. The van der Waals surface area contributed by atoms with E-state index in [0.29, 0.717) is 34.4 Å². The van der Waals surface area contributed by atoms with Crippen molar-refractivity contribution in [3.63, 3.8) is 0 Å². The highest BCUT2D eigenvalue weighted by Crippen LogP contribution is 2.36. The summed E-state index contributed by atoms with van der Waals surface area (Å²) in [5.74, 6) is -0.140. The molecule has 0 heterocycles. The zero-order chi connectivity index (χ0) is 21.2. The lowest BCUT2D eigenvalue weighted by Gasteiger charge is -2.11. The number of amides is 1. The number of rotatable bonds is 9. The normalized spacial score (nSPS) is 10.5. The molecule has 0 aromatic heterocycles. The van der Waals surface area contributed by atoms with E-state index in [0.717, 1.165) is 0 Å². The number of nitrogens with one attached hydrogen (secondary N) is 1. The molecular formula is C20H21ClN2O6. The SMILES string of the molecule is CCOc1c(Cl)cc(/C=N\OCC(=O)Nc2ccccc2C(=O)OC)cc1OC. The van der Waals surface area contributed by atoms with Crippen LogP contribution in [0, 0.1) is 0 Å². The van der Waals surface area contributed by atoms with E-state index in [1.165, 1.54) is 20.4 Å². The van der Waals surface area contributed by atoms with Gasteiger partial charge in [-0.2, -0.15) is 0 Å². The number of ether oxygens (including phenoxy) is 3. The molecule has 0 aliphatic rings. The molecule has 0 fully saturated rings. The largest absolute Gasteiger partial charge is 0.493 e. The fourth-order valence-electron chi connectivity index (χ4n) is 2.36. The second-order valence-corrected chi connectivity index (χ2v) is 5.97. The van der Waals surface area contributed by atoms with Crippen LogP contribution in [0.15, 0.2) is 41.6 Å². The van der Waals surface area contributed by atoms with Gasteiger partial charge in [0.15, 0.2) is 18.1 Å². The average Bonchev–Trinajstić information content (AvgIpc) is 2.72. The number of halogens is 1. The van der Waals surface area contributed by atoms with Crippen molar-refractivity contribution in [2.75, 3.05) is 32.8 Å². The first kappa shape index (κ1) is 22.0. The maximum absolute atomic E-state index is 12.0. The van der Waals surface area contributed by atoms with E-state index < -0.39 is 11.9 Å². The van der Waals surface area contributed by atoms with Crippen molar-refractivity contribution < 1.29 is 28.6 Å². The van der Waals surface area contributed by atoms with Crippen LogP contribution >= 0.6 is 11.6 Å². The van der Waals surface area contributed by atoms with Gasteiger partial charge in [0.25, 0.3) is 5.91 Å². The summed E-state index contributed by atoms with van der Waals surface area (Å²) in [5.41, 5.74) is 1.16. The minimum Gasteiger partial charge on any atom is -0.493 e. The lowest BCUT2D eigenvalue weighted by atomic mass is 10.2. The summed E-state index contributed by atoms with van der Waals surface area (Å²) in [7, 11) is 2.77. The number of carbonyl (C=O) groups excluding carboxylic acids is 2. The van der Waals surface area contributed by atoms with E-state index in [1.807, 2.05) is 6.92 Å². The van der Waals surface area contributed by atoms with Crippen LogP contribution in [0.3, 0.4) is 0 Å². The summed E-state index contributed by atoms with van der Waals surface area (Å²) in [6.45, 7) is 1.93. The van der Waals surface area contributed by atoms with Gasteiger partial charge in [0.05, 0.1) is 43.3 Å². The Morgan fingerprint density at radius 1 is 1.21 bits per heavy atom. The van der Waals surface area contributed by atoms with E-state index in [1.54, 1.807) is 36.4 Å². The molecule has 0 spiro atoms. The van der Waals surface area contributed by atoms with E-state index in [4.69, 9.17) is 25.9 Å². The minimum atomic E-state index is -0.554. The Balaban J connectivity index is 1.97. The number of methoxy groups -OCH3 is 2. The Morgan fingerprint density at radius 3 is 2.66 bits per heavy atom. The van der Waals surface area contributed by atoms with Crippen LogP contribution in [0.5, 0.6) is 11.5 Å². The van der Waals surface area contributed by atoms with Gasteiger partial charge in [0, 0.05) is 5.56 Å². The number of anilines is 1. The van der Waals surface area contributed by atoms with Gasteiger partial charge in [-0.05, 0) is 31.2 Å². The molecule has 9 heteroatoms. The summed E-state index contributed by atoms with van der Waals surface area (Å²) in [4.78, 5) is 28.8. The Morgan fingerprint density at radius 2 is 1.97 bits per heavy atom. The molecule has 0 atom stereocenters. The molecule has 0 aliphatic carbocycles. The quantitative estimate of drug-likeness (QED) is 0.379. The maximum atomic E-state index is 12.0. The lowest BCUT2D eigenvalue weighted by molar-refractivity contribution is -0.120. The molecule has 0 bridgehead atoms. The zero-order valence-corrected chi connectivity index (χ0v) is 17.0. The average molecular weight is 421 g/mol. The molecule has 0 aliphatic heterocycles. The molecule has 2 aromatic carbocycles. The van der Waals surface area contributed by atoms with Gasteiger partial charge >= 0.3 is 5.97 Å². The molecule has 0 saturated carbocycles. The number of esters is 1. The van der Waals surface area contributed by atoms with Gasteiger partial charge in [0.1, 0.15) is 0 Å². The fraction of sp³-hybridized carbons (Fsp3) is 0.250. The molecule has 2 aromatic rings. The van der Waals surface area contributed by atoms with Crippen molar-refractivity contribution >= 4 is 35.4 Å². The Hall–Kier alpha value is -3.26. The molecule has 1 amide bonds. The van der Waals surface area contributed by atoms with Crippen molar-refractivity contribution in [3.8, 4) is 11.5 Å². The molecule has 0 saturated heterocycles. The van der Waals surface area contributed by atoms with E-state index in [2.05, 4.69) is 15.2 Å². The van der Waals surface area contributed by atoms with Crippen LogP contribution in [0.2, 0.25) is 5.02 Å². The van der Waals surface area contributed by atoms with Crippen LogP contribution in [0.1, 0.15) is 22.8 Å². The maximum Gasteiger partial charge on any atom is 0.339 e. The van der Waals surface area contributed by atoms with Crippen molar-refractivity contribution in [1.29, 1.82) is 0 Å². The Kier molecular flexibility index (Phi) is 8.29. The Bertz CT molecular complexity index is 901. The molecule has 0 radical (unpaired) electrons. The topological polar surface area (TPSA) is 95.5 Å². The highest BCUT2D eigenvalue weighted by Gasteiger charge is 2.14. The second kappa shape index (κ2) is 10.9. The van der Waals surface area contributed by atoms with E-state index >= 15 is 0 Å². The number of para-hydroxylation sites is 1. The van der Waals surface area contributed by atoms with E-state index in [9.17, 15) is 9.59 Å². The number of carbonyl (C=O) groups is 2. The van der Waals surface area contributed by atoms with Crippen molar-refractivity contribution in [2.24, 2.45) is 5.16 Å². The van der Waals surface area contributed by atoms with Crippen molar-refractivity contribution in [3.05, 3.63) is 52.5 Å². The lowest BCUT2D eigenvalue weighted by Crippen LogP contribution is -2.19. The van der Waals surface area contributed by atoms with Gasteiger partial charge in [-0.25, -0.2) is 4.79 Å². The third-order valence-electron chi connectivity index (χ3n) is 3.62. The van der Waals surface area contributed by atoms with Gasteiger partial charge in [-0.1, -0.05) is 28.9 Å². The van der Waals surface area contributed by atoms with Crippen LogP contribution in [-0.2, 0) is 14.4 Å². The molecule has 0 unspecified atom stereocenters. The molecule has 8 nitrogen and oxygen atoms in total. The van der Waals surface area contributed by atoms with Crippen LogP contribution < -0.4 is 14.8 Å². The highest BCUT2D eigenvalue weighted by molar-refractivity contribution is 6.32. The first-order chi connectivity index (χ1) is 14.0. The molecule has 2 rings (SSSR count). The van der Waals surface area contributed by atoms with Gasteiger partial charge in [-0.3, -0.25) is 4.79 Å². The summed E-state index contributed by atoms with van der Waals surface area (Å²) < 4.78 is 15.4. The van der Waals surface area contributed by atoms with Crippen molar-refractivity contribution in [2.45, 2.75) is 6.92 Å². The number of hydrogen-bond donors (Lipinski definition) is 1. The third-order valence-corrected chi connectivity index (χ3v) is 3.90. The Labute approximate surface area is 173 Å². The molecule has 154 valence electrons. The standard InChI is InChI=1S/C20H21ClN2O6/c1-4-28-19-15(21)9-13(10-17(19)26-2)11-22-29-12-18(24)23-16-8-6-5-7-14(16)20(25)27-3/h5-11H,4,12H2,1-3H3,(H,23,24)/b22-11-. The number of benzene rings is 2. The smallest absolute Gasteiger partial charge is 0.339 e. The van der Waals surface area contributed by atoms with Crippen LogP contribution in [0.25, 0.3) is 0 Å². The summed E-state index contributed by atoms with van der Waals surface area (Å²) in [6.07, 6.45) is 1.39. The zero-order valence-electron chi connectivity index (χ0n) is 16.2. The van der Waals surface area contributed by atoms with Crippen LogP contribution in [0.4, 0.5) is 5.69 Å². The summed E-state index contributed by atoms with van der Waals surface area (Å²) >= 11 is 6.19. The predicted octanol–water partition coefficient (Wildman–Crippen LogP) is 3.52. The predicted molar refractivity (Wildman–Crippen MR) is 109 cm³/mol. The number of nitrogens with zero attached hydrogens (tertiary/aromatic N) is 1. The minimum absolute atomic E-state index is 0.239. The van der Waals surface area contributed by atoms with Crippen LogP contribution in [-0.4, -0.2) is 45.5 Å². The molecular weight excluding hydrogens is 400 g/mol. The van der Waals surface area contributed by atoms with Crippen molar-refractivity contribution in [1.82, 2.24) is 0 Å². The highest BCUT2D eigenvalue weighted by atomic mass is 35.5. The summed E-state index contributed by atoms with van der Waals surface area (Å²) in [5, 5.41) is 6.70. The first-order valence-corrected chi connectivity index (χ1v) is 9.00. The van der Waals surface area contributed by atoms with E-state index in [-0.39, 0.29) is 12.2 Å². The first-order valence-electron chi connectivity index (χ1n) is 8.63. The van der Waals surface area contributed by atoms with Gasteiger partial charge in [-0.15, -0.1) is 0 Å². The summed E-state index contributed by atoms with van der Waals surface area (Å²) in [6, 6.07) is 9.79. The molecule has 1 N–H and O–H groups in total. The monoisotopic (exact) mass is 420 g/mol. The number of oxime groups is 1. The molecule has 29 heavy (non-hydrogen) atoms.